The first-order valence-electron chi connectivity index (χ1n) is 9.17. The Kier molecular flexibility index (Phi) is 6.75. The summed E-state index contributed by atoms with van der Waals surface area (Å²) in [4.78, 5) is 14.8. The molecule has 0 fully saturated rings. The summed E-state index contributed by atoms with van der Waals surface area (Å²) >= 11 is 7.21. The third-order valence-electron chi connectivity index (χ3n) is 4.41. The number of aromatic nitrogens is 2. The molecule has 1 atom stereocenters. The van der Waals surface area contributed by atoms with Crippen LogP contribution in [0, 0.1) is 0 Å². The average Bonchev–Trinajstić information content (AvgIpc) is 3.17. The maximum atomic E-state index is 12.6. The molecular weight excluding hydrogens is 394 g/mol. The van der Waals surface area contributed by atoms with E-state index in [1.165, 1.54) is 11.8 Å². The number of carbonyl (C=O) groups is 1. The van der Waals surface area contributed by atoms with Crippen molar-refractivity contribution in [2.45, 2.75) is 31.2 Å². The third kappa shape index (κ3) is 4.75. The molecule has 3 aromatic rings. The molecular formula is C21H22ClN3O2S. The van der Waals surface area contributed by atoms with Crippen LogP contribution in [0.15, 0.2) is 58.2 Å². The molecule has 7 heteroatoms. The largest absolute Gasteiger partial charge is 0.411 e. The summed E-state index contributed by atoms with van der Waals surface area (Å²) in [6.07, 6.45) is 0. The smallest absolute Gasteiger partial charge is 0.277 e. The van der Waals surface area contributed by atoms with Crippen LogP contribution in [0.25, 0.3) is 11.5 Å². The Balaban J connectivity index is 1.69. The second-order valence-electron chi connectivity index (χ2n) is 6.23. The number of ketones is 1. The van der Waals surface area contributed by atoms with E-state index in [0.717, 1.165) is 24.3 Å². The molecule has 0 N–H and O–H groups in total. The highest BCUT2D eigenvalue weighted by Gasteiger charge is 2.20. The lowest BCUT2D eigenvalue weighted by Crippen LogP contribution is -2.21. The first kappa shape index (κ1) is 20.4. The van der Waals surface area contributed by atoms with Gasteiger partial charge < -0.3 is 9.32 Å². The summed E-state index contributed by atoms with van der Waals surface area (Å²) in [6, 6.07) is 15.0. The molecule has 0 aliphatic heterocycles. The predicted molar refractivity (Wildman–Crippen MR) is 114 cm³/mol. The highest BCUT2D eigenvalue weighted by Crippen LogP contribution is 2.29. The fourth-order valence-corrected chi connectivity index (χ4v) is 3.81. The zero-order chi connectivity index (χ0) is 20.1. The van der Waals surface area contributed by atoms with Gasteiger partial charge in [0.15, 0.2) is 5.78 Å². The standard InChI is InChI=1S/C21H22ClN3O2S/c1-4-25(5-2)18-11-9-15(10-12-18)20-23-24-21(27-20)28-14(3)19(26)16-7-6-8-17(22)13-16/h6-14H,4-5H2,1-3H3/t14-/m1/s1. The Labute approximate surface area is 174 Å². The maximum Gasteiger partial charge on any atom is 0.277 e. The molecule has 0 aliphatic carbocycles. The Morgan fingerprint density at radius 2 is 1.86 bits per heavy atom. The fourth-order valence-electron chi connectivity index (χ4n) is 2.86. The monoisotopic (exact) mass is 415 g/mol. The fraction of sp³-hybridized carbons (Fsp3) is 0.286. The van der Waals surface area contributed by atoms with Crippen LogP contribution < -0.4 is 4.90 Å². The van der Waals surface area contributed by atoms with Gasteiger partial charge in [-0.3, -0.25) is 4.79 Å². The minimum atomic E-state index is -0.364. The van der Waals surface area contributed by atoms with Gasteiger partial charge >= 0.3 is 0 Å². The number of hydrogen-bond donors (Lipinski definition) is 0. The van der Waals surface area contributed by atoms with Crippen molar-refractivity contribution in [1.82, 2.24) is 10.2 Å². The Morgan fingerprint density at radius 3 is 2.50 bits per heavy atom. The highest BCUT2D eigenvalue weighted by molar-refractivity contribution is 8.00. The number of thioether (sulfide) groups is 1. The Morgan fingerprint density at radius 1 is 1.14 bits per heavy atom. The van der Waals surface area contributed by atoms with Crippen molar-refractivity contribution in [2.24, 2.45) is 0 Å². The van der Waals surface area contributed by atoms with E-state index >= 15 is 0 Å². The molecule has 0 radical (unpaired) electrons. The first-order valence-corrected chi connectivity index (χ1v) is 10.4. The van der Waals surface area contributed by atoms with Crippen molar-refractivity contribution in [2.75, 3.05) is 18.0 Å². The summed E-state index contributed by atoms with van der Waals surface area (Å²) in [7, 11) is 0. The number of hydrogen-bond acceptors (Lipinski definition) is 6. The number of rotatable bonds is 8. The molecule has 5 nitrogen and oxygen atoms in total. The molecule has 2 aromatic carbocycles. The molecule has 146 valence electrons. The van der Waals surface area contributed by atoms with Gasteiger partial charge in [0.05, 0.1) is 5.25 Å². The van der Waals surface area contributed by atoms with Crippen molar-refractivity contribution >= 4 is 34.8 Å². The lowest BCUT2D eigenvalue weighted by molar-refractivity contribution is 0.0993. The van der Waals surface area contributed by atoms with Crippen LogP contribution in [0.2, 0.25) is 5.02 Å². The van der Waals surface area contributed by atoms with Gasteiger partial charge in [-0.1, -0.05) is 35.5 Å². The zero-order valence-corrected chi connectivity index (χ0v) is 17.6. The predicted octanol–water partition coefficient (Wildman–Crippen LogP) is 5.60. The Bertz CT molecular complexity index is 939. The quantitative estimate of drug-likeness (QED) is 0.352. The van der Waals surface area contributed by atoms with Gasteiger partial charge in [-0.2, -0.15) is 0 Å². The van der Waals surface area contributed by atoms with E-state index in [9.17, 15) is 4.79 Å². The van der Waals surface area contributed by atoms with E-state index in [0.29, 0.717) is 21.7 Å². The van der Waals surface area contributed by atoms with Crippen molar-refractivity contribution in [3.05, 3.63) is 59.1 Å². The normalized spacial score (nSPS) is 12.0. The lowest BCUT2D eigenvalue weighted by atomic mass is 10.1. The average molecular weight is 416 g/mol. The third-order valence-corrected chi connectivity index (χ3v) is 5.57. The van der Waals surface area contributed by atoms with Crippen LogP contribution in [0.1, 0.15) is 31.1 Å². The number of benzene rings is 2. The van der Waals surface area contributed by atoms with Crippen LogP contribution in [0.4, 0.5) is 5.69 Å². The van der Waals surface area contributed by atoms with Crippen molar-refractivity contribution < 1.29 is 9.21 Å². The van der Waals surface area contributed by atoms with Gasteiger partial charge in [0.25, 0.3) is 5.22 Å². The van der Waals surface area contributed by atoms with Gasteiger partial charge in [-0.15, -0.1) is 10.2 Å². The zero-order valence-electron chi connectivity index (χ0n) is 16.1. The summed E-state index contributed by atoms with van der Waals surface area (Å²) in [5.74, 6) is 0.409. The lowest BCUT2D eigenvalue weighted by Gasteiger charge is -2.20. The molecule has 0 unspecified atom stereocenters. The highest BCUT2D eigenvalue weighted by atomic mass is 35.5. The van der Waals surface area contributed by atoms with Crippen LogP contribution in [-0.2, 0) is 0 Å². The number of Topliss-reactive ketones (excluding diaryl/α,β-unsaturated/α-hetero) is 1. The number of carbonyl (C=O) groups excluding carboxylic acids is 1. The molecule has 28 heavy (non-hydrogen) atoms. The molecule has 1 aromatic heterocycles. The van der Waals surface area contributed by atoms with E-state index in [-0.39, 0.29) is 11.0 Å². The molecule has 0 aliphatic rings. The van der Waals surface area contributed by atoms with Crippen LogP contribution in [-0.4, -0.2) is 34.3 Å². The van der Waals surface area contributed by atoms with Crippen molar-refractivity contribution in [3.8, 4) is 11.5 Å². The summed E-state index contributed by atoms with van der Waals surface area (Å²) < 4.78 is 5.75. The maximum absolute atomic E-state index is 12.6. The van der Waals surface area contributed by atoms with Crippen molar-refractivity contribution in [1.29, 1.82) is 0 Å². The Hall–Kier alpha value is -2.31. The molecule has 0 spiro atoms. The number of nitrogens with zero attached hydrogens (tertiary/aromatic N) is 3. The number of anilines is 1. The second kappa shape index (κ2) is 9.26. The van der Waals surface area contributed by atoms with Gasteiger partial charge in [-0.05, 0) is 57.2 Å². The molecule has 1 heterocycles. The van der Waals surface area contributed by atoms with Gasteiger partial charge in [0.1, 0.15) is 0 Å². The van der Waals surface area contributed by atoms with E-state index in [1.54, 1.807) is 24.3 Å². The van der Waals surface area contributed by atoms with Crippen molar-refractivity contribution in [3.63, 3.8) is 0 Å². The first-order chi connectivity index (χ1) is 13.5. The topological polar surface area (TPSA) is 59.2 Å². The van der Waals surface area contributed by atoms with E-state index in [2.05, 4.69) is 28.9 Å². The second-order valence-corrected chi connectivity index (χ2v) is 7.96. The molecule has 0 saturated heterocycles. The van der Waals surface area contributed by atoms with Crippen LogP contribution in [0.5, 0.6) is 0 Å². The summed E-state index contributed by atoms with van der Waals surface area (Å²) in [5.41, 5.74) is 2.58. The molecule has 0 amide bonds. The summed E-state index contributed by atoms with van der Waals surface area (Å²) in [6.45, 7) is 7.98. The molecule has 0 bridgehead atoms. The van der Waals surface area contributed by atoms with Crippen LogP contribution >= 0.6 is 23.4 Å². The van der Waals surface area contributed by atoms with E-state index < -0.39 is 0 Å². The molecule has 0 saturated carbocycles. The van der Waals surface area contributed by atoms with E-state index in [4.69, 9.17) is 16.0 Å². The van der Waals surface area contributed by atoms with Crippen LogP contribution in [0.3, 0.4) is 0 Å². The number of halogens is 1. The van der Waals surface area contributed by atoms with Gasteiger partial charge in [0, 0.05) is 34.9 Å². The minimum Gasteiger partial charge on any atom is -0.411 e. The van der Waals surface area contributed by atoms with Gasteiger partial charge in [0.2, 0.25) is 5.89 Å². The van der Waals surface area contributed by atoms with Gasteiger partial charge in [-0.25, -0.2) is 0 Å². The summed E-state index contributed by atoms with van der Waals surface area (Å²) in [5, 5.41) is 8.73. The van der Waals surface area contributed by atoms with E-state index in [1.807, 2.05) is 31.2 Å². The molecule has 3 rings (SSSR count). The SMILES string of the molecule is CCN(CC)c1ccc(-c2nnc(S[C@H](C)C(=O)c3cccc(Cl)c3)o2)cc1. The minimum absolute atomic E-state index is 0.0316.